The van der Waals surface area contributed by atoms with Crippen molar-refractivity contribution in [3.63, 3.8) is 0 Å². The van der Waals surface area contributed by atoms with E-state index in [0.717, 1.165) is 16.7 Å². The highest BCUT2D eigenvalue weighted by Crippen LogP contribution is 2.29. The van der Waals surface area contributed by atoms with E-state index in [2.05, 4.69) is 15.6 Å². The molecule has 228 valence electrons. The van der Waals surface area contributed by atoms with E-state index in [1.807, 2.05) is 51.1 Å². The molecule has 1 aromatic heterocycles. The van der Waals surface area contributed by atoms with Crippen molar-refractivity contribution in [2.45, 2.75) is 26.2 Å². The third kappa shape index (κ3) is 6.56. The van der Waals surface area contributed by atoms with Crippen molar-refractivity contribution in [3.8, 4) is 11.3 Å². The summed E-state index contributed by atoms with van der Waals surface area (Å²) in [4.78, 5) is 45.3. The molecule has 1 saturated heterocycles. The van der Waals surface area contributed by atoms with Crippen molar-refractivity contribution in [1.29, 1.82) is 0 Å². The number of ether oxygens (including phenoxy) is 1. The second kappa shape index (κ2) is 12.8. The highest BCUT2D eigenvalue weighted by Gasteiger charge is 2.21. The quantitative estimate of drug-likeness (QED) is 0.274. The molecule has 2 amide bonds. The largest absolute Gasteiger partial charge is 0.395 e. The number of carbonyl (C=O) groups excluding carboxylic acids is 2. The number of aliphatic hydroxyl groups is 1. The van der Waals surface area contributed by atoms with Crippen LogP contribution in [0.25, 0.3) is 11.3 Å². The smallest absolute Gasteiger partial charge is 0.293 e. The number of anilines is 3. The first-order chi connectivity index (χ1) is 21.1. The Labute approximate surface area is 256 Å². The van der Waals surface area contributed by atoms with Crippen molar-refractivity contribution >= 4 is 29.0 Å². The topological polar surface area (TPSA) is 126 Å². The molecule has 10 heteroatoms. The molecule has 1 fully saturated rings. The van der Waals surface area contributed by atoms with Gasteiger partial charge in [-0.25, -0.2) is 4.98 Å². The summed E-state index contributed by atoms with van der Waals surface area (Å²) in [5, 5.41) is 15.7. The average Bonchev–Trinajstić information content (AvgIpc) is 3.04. The summed E-state index contributed by atoms with van der Waals surface area (Å²) in [6.45, 7) is 7.97. The third-order valence-electron chi connectivity index (χ3n) is 7.95. The van der Waals surface area contributed by atoms with E-state index in [-0.39, 0.29) is 29.8 Å². The monoisotopic (exact) mass is 595 g/mol. The molecular formula is C34H37N5O5. The molecule has 1 aliphatic rings. The van der Waals surface area contributed by atoms with Crippen LogP contribution in [0.5, 0.6) is 0 Å². The lowest BCUT2D eigenvalue weighted by Gasteiger charge is -2.26. The number of nitrogens with zero attached hydrogens (tertiary/aromatic N) is 3. The number of aliphatic hydroxyl groups excluding tert-OH is 1. The first kappa shape index (κ1) is 30.7. The molecular weight excluding hydrogens is 558 g/mol. The number of morpholine rings is 1. The molecule has 3 N–H and O–H groups in total. The number of carbonyl (C=O) groups is 2. The number of aryl methyl sites for hydroxylation is 1. The second-order valence-corrected chi connectivity index (χ2v) is 11.5. The molecule has 0 bridgehead atoms. The van der Waals surface area contributed by atoms with E-state index in [4.69, 9.17) is 4.74 Å². The maximum atomic E-state index is 13.1. The Morgan fingerprint density at radius 2 is 1.64 bits per heavy atom. The molecule has 0 unspecified atom stereocenters. The summed E-state index contributed by atoms with van der Waals surface area (Å²) >= 11 is 0. The molecule has 0 atom stereocenters. The summed E-state index contributed by atoms with van der Waals surface area (Å²) < 4.78 is 6.79. The predicted molar refractivity (Wildman–Crippen MR) is 171 cm³/mol. The Hall–Kier alpha value is -4.80. The van der Waals surface area contributed by atoms with Crippen LogP contribution in [0.4, 0.5) is 17.2 Å². The molecule has 4 aromatic rings. The van der Waals surface area contributed by atoms with Crippen molar-refractivity contribution in [1.82, 2.24) is 14.5 Å². The van der Waals surface area contributed by atoms with Gasteiger partial charge in [-0.1, -0.05) is 38.1 Å². The Bertz CT molecular complexity index is 1720. The number of hydrogen-bond acceptors (Lipinski definition) is 7. The zero-order valence-electron chi connectivity index (χ0n) is 25.4. The first-order valence-electron chi connectivity index (χ1n) is 14.5. The number of benzene rings is 3. The summed E-state index contributed by atoms with van der Waals surface area (Å²) in [5.74, 6) is -0.178. The molecule has 2 heterocycles. The second-order valence-electron chi connectivity index (χ2n) is 11.5. The van der Waals surface area contributed by atoms with E-state index in [9.17, 15) is 19.5 Å². The highest BCUT2D eigenvalue weighted by atomic mass is 16.5. The fourth-order valence-electron chi connectivity index (χ4n) is 5.01. The highest BCUT2D eigenvalue weighted by molar-refractivity contribution is 6.05. The summed E-state index contributed by atoms with van der Waals surface area (Å²) in [6, 6.07) is 19.7. The summed E-state index contributed by atoms with van der Waals surface area (Å²) in [5.41, 5.74) is 4.64. The van der Waals surface area contributed by atoms with Crippen LogP contribution in [-0.4, -0.2) is 64.3 Å². The molecule has 5 rings (SSSR count). The molecule has 44 heavy (non-hydrogen) atoms. The Morgan fingerprint density at radius 3 is 2.30 bits per heavy atom. The normalized spacial score (nSPS) is 13.4. The van der Waals surface area contributed by atoms with Gasteiger partial charge in [0.1, 0.15) is 0 Å². The molecule has 0 radical (unpaired) electrons. The van der Waals surface area contributed by atoms with Crippen molar-refractivity contribution in [2.75, 3.05) is 43.5 Å². The predicted octanol–water partition coefficient (Wildman–Crippen LogP) is 4.49. The standard InChI is InChI=1S/C34H37N5O5/c1-22-27(6-5-7-28(22)37-31(41)23-8-12-25(13-9-23)34(2,3)21-40)29-20-38(4)33(43)30(36-29)35-26-14-10-24(11-15-26)32(42)39-16-18-44-19-17-39/h5-15,20,40H,16-19,21H2,1-4H3,(H,35,36)(H,37,41). The van der Waals surface area contributed by atoms with Gasteiger partial charge in [-0.05, 0) is 60.5 Å². The van der Waals surface area contributed by atoms with Crippen molar-refractivity contribution < 1.29 is 19.4 Å². The Balaban J connectivity index is 1.35. The van der Waals surface area contributed by atoms with E-state index in [1.54, 1.807) is 54.5 Å². The van der Waals surface area contributed by atoms with E-state index >= 15 is 0 Å². The molecule has 10 nitrogen and oxygen atoms in total. The van der Waals surface area contributed by atoms with Gasteiger partial charge in [-0.15, -0.1) is 0 Å². The molecule has 0 aliphatic carbocycles. The molecule has 3 aromatic carbocycles. The minimum Gasteiger partial charge on any atom is -0.395 e. The minimum absolute atomic E-state index is 0.00350. The van der Waals surface area contributed by atoms with Gasteiger partial charge in [0, 0.05) is 59.8 Å². The number of hydrogen-bond donors (Lipinski definition) is 3. The number of amides is 2. The average molecular weight is 596 g/mol. The van der Waals surface area contributed by atoms with Crippen LogP contribution in [0, 0.1) is 6.92 Å². The van der Waals surface area contributed by atoms with Crippen LogP contribution in [0.2, 0.25) is 0 Å². The Kier molecular flexibility index (Phi) is 8.93. The van der Waals surface area contributed by atoms with Gasteiger partial charge in [-0.2, -0.15) is 0 Å². The van der Waals surface area contributed by atoms with Gasteiger partial charge < -0.3 is 29.9 Å². The van der Waals surface area contributed by atoms with Gasteiger partial charge in [0.2, 0.25) is 0 Å². The Morgan fingerprint density at radius 1 is 0.977 bits per heavy atom. The van der Waals surface area contributed by atoms with Gasteiger partial charge in [0.05, 0.1) is 25.5 Å². The lowest BCUT2D eigenvalue weighted by atomic mass is 9.85. The molecule has 0 spiro atoms. The van der Waals surface area contributed by atoms with E-state index < -0.39 is 5.41 Å². The van der Waals surface area contributed by atoms with E-state index in [1.165, 1.54) is 4.57 Å². The zero-order chi connectivity index (χ0) is 31.4. The number of nitrogens with one attached hydrogen (secondary N) is 2. The van der Waals surface area contributed by atoms with Gasteiger partial charge in [0.15, 0.2) is 5.82 Å². The van der Waals surface area contributed by atoms with Gasteiger partial charge in [-0.3, -0.25) is 14.4 Å². The SMILES string of the molecule is Cc1c(NC(=O)c2ccc(C(C)(C)CO)cc2)cccc1-c1cn(C)c(=O)c(Nc2ccc(C(=O)N3CCOCC3)cc2)n1. The lowest BCUT2D eigenvalue weighted by molar-refractivity contribution is 0.0303. The summed E-state index contributed by atoms with van der Waals surface area (Å²) in [6.07, 6.45) is 1.66. The van der Waals surface area contributed by atoms with Gasteiger partial charge in [0.25, 0.3) is 17.4 Å². The zero-order valence-corrected chi connectivity index (χ0v) is 25.4. The van der Waals surface area contributed by atoms with E-state index in [0.29, 0.717) is 54.5 Å². The lowest BCUT2D eigenvalue weighted by Crippen LogP contribution is -2.40. The van der Waals surface area contributed by atoms with Crippen LogP contribution >= 0.6 is 0 Å². The van der Waals surface area contributed by atoms with Crippen molar-refractivity contribution in [2.24, 2.45) is 7.05 Å². The molecule has 1 aliphatic heterocycles. The van der Waals surface area contributed by atoms with Gasteiger partial charge >= 0.3 is 0 Å². The minimum atomic E-state index is -0.401. The van der Waals surface area contributed by atoms with Crippen LogP contribution in [0.1, 0.15) is 45.7 Å². The summed E-state index contributed by atoms with van der Waals surface area (Å²) in [7, 11) is 1.66. The fourth-order valence-corrected chi connectivity index (χ4v) is 5.01. The maximum absolute atomic E-state index is 13.1. The molecule has 0 saturated carbocycles. The third-order valence-corrected chi connectivity index (χ3v) is 7.95. The first-order valence-corrected chi connectivity index (χ1v) is 14.5. The van der Waals surface area contributed by atoms with Crippen molar-refractivity contribution in [3.05, 3.63) is 106 Å². The fraction of sp³-hybridized carbons (Fsp3) is 0.294. The van der Waals surface area contributed by atoms with Crippen LogP contribution in [0.3, 0.4) is 0 Å². The van der Waals surface area contributed by atoms with Crippen LogP contribution in [-0.2, 0) is 17.2 Å². The number of rotatable bonds is 8. The number of aromatic nitrogens is 2. The van der Waals surface area contributed by atoms with Crippen LogP contribution < -0.4 is 16.2 Å². The maximum Gasteiger partial charge on any atom is 0.293 e. The van der Waals surface area contributed by atoms with Crippen LogP contribution in [0.15, 0.2) is 77.7 Å².